The number of carbonyl (C=O) groups excluding carboxylic acids is 1. The second-order valence-corrected chi connectivity index (χ2v) is 9.17. The first-order valence-corrected chi connectivity index (χ1v) is 11.2. The molecular weight excluding hydrogens is 382 g/mol. The van der Waals surface area contributed by atoms with Crippen molar-refractivity contribution in [2.24, 2.45) is 0 Å². The Kier molecular flexibility index (Phi) is 6.79. The maximum absolute atomic E-state index is 12.6. The molecule has 0 radical (unpaired) electrons. The molecule has 0 bridgehead atoms. The largest absolute Gasteiger partial charge is 0.490 e. The van der Waals surface area contributed by atoms with Crippen molar-refractivity contribution < 1.29 is 22.7 Å². The van der Waals surface area contributed by atoms with Crippen molar-refractivity contribution in [3.05, 3.63) is 18.2 Å². The Labute approximate surface area is 166 Å². The Morgan fingerprint density at radius 2 is 1.96 bits per heavy atom. The van der Waals surface area contributed by atoms with Gasteiger partial charge in [0, 0.05) is 44.6 Å². The summed E-state index contributed by atoms with van der Waals surface area (Å²) >= 11 is 0. The van der Waals surface area contributed by atoms with Crippen molar-refractivity contribution in [3.8, 4) is 11.5 Å². The first-order valence-electron chi connectivity index (χ1n) is 9.70. The van der Waals surface area contributed by atoms with Crippen LogP contribution in [0.2, 0.25) is 0 Å². The zero-order valence-corrected chi connectivity index (χ0v) is 17.3. The number of fused-ring (bicyclic) bond motifs is 1. The summed E-state index contributed by atoms with van der Waals surface area (Å²) in [6.07, 6.45) is 2.94. The highest BCUT2D eigenvalue weighted by molar-refractivity contribution is 7.89. The fraction of sp³-hybridized carbons (Fsp3) is 0.632. The molecule has 1 aromatic carbocycles. The van der Waals surface area contributed by atoms with E-state index in [1.54, 1.807) is 6.07 Å². The maximum Gasteiger partial charge on any atom is 0.240 e. The molecule has 1 amide bonds. The standard InChI is InChI=1S/C19H29N3O5S/c1-21(2)15-5-3-10-22(14-15)19(23)8-9-20-28(24,25)16-6-7-17-18(13-16)27-12-4-11-26-17/h6-7,13,15,20H,3-5,8-12,14H2,1-2H3. The van der Waals surface area contributed by atoms with E-state index in [0.29, 0.717) is 37.3 Å². The summed E-state index contributed by atoms with van der Waals surface area (Å²) in [6, 6.07) is 4.92. The summed E-state index contributed by atoms with van der Waals surface area (Å²) < 4.78 is 38.7. The van der Waals surface area contributed by atoms with Gasteiger partial charge in [0.1, 0.15) is 0 Å². The van der Waals surface area contributed by atoms with Gasteiger partial charge < -0.3 is 19.3 Å². The van der Waals surface area contributed by atoms with E-state index < -0.39 is 10.0 Å². The lowest BCUT2D eigenvalue weighted by Gasteiger charge is -2.36. The summed E-state index contributed by atoms with van der Waals surface area (Å²) in [7, 11) is 0.311. The number of rotatable bonds is 6. The minimum absolute atomic E-state index is 0.0205. The molecule has 2 aliphatic rings. The SMILES string of the molecule is CN(C)C1CCCN(C(=O)CCNS(=O)(=O)c2ccc3c(c2)OCCCO3)C1. The molecule has 28 heavy (non-hydrogen) atoms. The summed E-state index contributed by atoms with van der Waals surface area (Å²) in [5, 5.41) is 0. The fourth-order valence-electron chi connectivity index (χ4n) is 3.45. The van der Waals surface area contributed by atoms with Crippen molar-refractivity contribution >= 4 is 15.9 Å². The number of likely N-dealkylation sites (tertiary alicyclic amines) is 1. The number of amides is 1. The molecule has 1 aromatic rings. The van der Waals surface area contributed by atoms with Gasteiger partial charge in [-0.2, -0.15) is 0 Å². The van der Waals surface area contributed by atoms with Gasteiger partial charge in [-0.05, 0) is 39.1 Å². The van der Waals surface area contributed by atoms with E-state index in [2.05, 4.69) is 9.62 Å². The molecule has 2 heterocycles. The molecule has 1 fully saturated rings. The van der Waals surface area contributed by atoms with Crippen LogP contribution in [0.25, 0.3) is 0 Å². The number of nitrogens with one attached hydrogen (secondary N) is 1. The number of benzene rings is 1. The number of carbonyl (C=O) groups is 1. The normalized spacial score (nSPS) is 20.1. The lowest BCUT2D eigenvalue weighted by molar-refractivity contribution is -0.132. The van der Waals surface area contributed by atoms with Gasteiger partial charge in [0.2, 0.25) is 15.9 Å². The fourth-order valence-corrected chi connectivity index (χ4v) is 4.49. The van der Waals surface area contributed by atoms with Crippen LogP contribution in [-0.2, 0) is 14.8 Å². The van der Waals surface area contributed by atoms with Gasteiger partial charge in [-0.15, -0.1) is 0 Å². The van der Waals surface area contributed by atoms with Gasteiger partial charge in [-0.25, -0.2) is 13.1 Å². The van der Waals surface area contributed by atoms with Gasteiger partial charge in [-0.3, -0.25) is 4.79 Å². The van der Waals surface area contributed by atoms with Crippen LogP contribution in [0.5, 0.6) is 11.5 Å². The second kappa shape index (κ2) is 9.11. The Balaban J connectivity index is 1.55. The third-order valence-corrected chi connectivity index (χ3v) is 6.60. The predicted molar refractivity (Wildman–Crippen MR) is 105 cm³/mol. The van der Waals surface area contributed by atoms with Gasteiger partial charge in [0.15, 0.2) is 11.5 Å². The average Bonchev–Trinajstić information content (AvgIpc) is 2.92. The van der Waals surface area contributed by atoms with Crippen molar-refractivity contribution in [2.75, 3.05) is 46.9 Å². The number of piperidine rings is 1. The van der Waals surface area contributed by atoms with E-state index >= 15 is 0 Å². The van der Waals surface area contributed by atoms with Gasteiger partial charge in [-0.1, -0.05) is 0 Å². The molecular formula is C19H29N3O5S. The Bertz CT molecular complexity index is 797. The topological polar surface area (TPSA) is 88.2 Å². The van der Waals surface area contributed by atoms with Gasteiger partial charge in [0.25, 0.3) is 0 Å². The van der Waals surface area contributed by atoms with Crippen LogP contribution >= 0.6 is 0 Å². The number of hydrogen-bond donors (Lipinski definition) is 1. The number of ether oxygens (including phenoxy) is 2. The van der Waals surface area contributed by atoms with E-state index in [0.717, 1.165) is 25.8 Å². The molecule has 3 rings (SSSR count). The summed E-state index contributed by atoms with van der Waals surface area (Å²) in [5.74, 6) is 0.958. The van der Waals surface area contributed by atoms with Crippen molar-refractivity contribution in [3.63, 3.8) is 0 Å². The summed E-state index contributed by atoms with van der Waals surface area (Å²) in [4.78, 5) is 16.5. The third kappa shape index (κ3) is 5.15. The van der Waals surface area contributed by atoms with Crippen molar-refractivity contribution in [1.29, 1.82) is 0 Å². The highest BCUT2D eigenvalue weighted by Crippen LogP contribution is 2.31. The first kappa shape index (κ1) is 20.9. The smallest absolute Gasteiger partial charge is 0.240 e. The highest BCUT2D eigenvalue weighted by atomic mass is 32.2. The molecule has 1 unspecified atom stereocenters. The predicted octanol–water partition coefficient (Wildman–Crippen LogP) is 1.07. The summed E-state index contributed by atoms with van der Waals surface area (Å²) in [5.41, 5.74) is 0. The molecule has 0 spiro atoms. The molecule has 0 aromatic heterocycles. The number of nitrogens with zero attached hydrogens (tertiary/aromatic N) is 2. The van der Waals surface area contributed by atoms with Gasteiger partial charge >= 0.3 is 0 Å². The number of likely N-dealkylation sites (N-methyl/N-ethyl adjacent to an activating group) is 1. The Hall–Kier alpha value is -1.84. The zero-order valence-electron chi connectivity index (χ0n) is 16.5. The average molecular weight is 412 g/mol. The molecule has 1 saturated heterocycles. The van der Waals surface area contributed by atoms with E-state index in [4.69, 9.17) is 9.47 Å². The molecule has 1 atom stereocenters. The zero-order chi connectivity index (χ0) is 20.1. The quantitative estimate of drug-likeness (QED) is 0.753. The van der Waals surface area contributed by atoms with Crippen LogP contribution in [-0.4, -0.2) is 77.1 Å². The molecule has 1 N–H and O–H groups in total. The first-order chi connectivity index (χ1) is 13.4. The Morgan fingerprint density at radius 1 is 1.21 bits per heavy atom. The monoisotopic (exact) mass is 411 g/mol. The minimum Gasteiger partial charge on any atom is -0.490 e. The lowest BCUT2D eigenvalue weighted by Crippen LogP contribution is -2.48. The molecule has 156 valence electrons. The Morgan fingerprint density at radius 3 is 2.71 bits per heavy atom. The molecule has 2 aliphatic heterocycles. The van der Waals surface area contributed by atoms with E-state index in [-0.39, 0.29) is 23.8 Å². The van der Waals surface area contributed by atoms with Gasteiger partial charge in [0.05, 0.1) is 18.1 Å². The molecule has 9 heteroatoms. The van der Waals surface area contributed by atoms with Crippen LogP contribution in [0.4, 0.5) is 0 Å². The van der Waals surface area contributed by atoms with E-state index in [1.165, 1.54) is 12.1 Å². The van der Waals surface area contributed by atoms with Crippen molar-refractivity contribution in [1.82, 2.24) is 14.5 Å². The van der Waals surface area contributed by atoms with Crippen LogP contribution in [0.1, 0.15) is 25.7 Å². The minimum atomic E-state index is -3.72. The number of sulfonamides is 1. The summed E-state index contributed by atoms with van der Waals surface area (Å²) in [6.45, 7) is 2.53. The number of hydrogen-bond acceptors (Lipinski definition) is 6. The van der Waals surface area contributed by atoms with Crippen LogP contribution in [0.3, 0.4) is 0 Å². The molecule has 8 nitrogen and oxygen atoms in total. The van der Waals surface area contributed by atoms with Crippen LogP contribution in [0, 0.1) is 0 Å². The molecule has 0 saturated carbocycles. The second-order valence-electron chi connectivity index (χ2n) is 7.41. The molecule has 0 aliphatic carbocycles. The van der Waals surface area contributed by atoms with E-state index in [1.807, 2.05) is 19.0 Å². The lowest BCUT2D eigenvalue weighted by atomic mass is 10.0. The van der Waals surface area contributed by atoms with Crippen LogP contribution in [0.15, 0.2) is 23.1 Å². The van der Waals surface area contributed by atoms with Crippen LogP contribution < -0.4 is 14.2 Å². The highest BCUT2D eigenvalue weighted by Gasteiger charge is 2.25. The van der Waals surface area contributed by atoms with Crippen molar-refractivity contribution in [2.45, 2.75) is 36.6 Å². The van der Waals surface area contributed by atoms with E-state index in [9.17, 15) is 13.2 Å². The third-order valence-electron chi connectivity index (χ3n) is 5.14. The maximum atomic E-state index is 12.6.